The minimum atomic E-state index is -0.615. The number of dihydropyridines is 1. The number of nitrogens with one attached hydrogen (secondary N) is 1. The largest absolute Gasteiger partial charge is 0.457 e. The summed E-state index contributed by atoms with van der Waals surface area (Å²) in [7, 11) is 0. The van der Waals surface area contributed by atoms with Gasteiger partial charge in [0.2, 0.25) is 0 Å². The van der Waals surface area contributed by atoms with Gasteiger partial charge in [0.25, 0.3) is 0 Å². The van der Waals surface area contributed by atoms with Crippen molar-refractivity contribution in [1.29, 1.82) is 0 Å². The van der Waals surface area contributed by atoms with Gasteiger partial charge in [-0.05, 0) is 33.3 Å². The quantitative estimate of drug-likeness (QED) is 0.846. The van der Waals surface area contributed by atoms with Gasteiger partial charge in [-0.15, -0.1) is 0 Å². The van der Waals surface area contributed by atoms with E-state index in [1.54, 1.807) is 0 Å². The van der Waals surface area contributed by atoms with Crippen molar-refractivity contribution in [2.45, 2.75) is 39.2 Å². The Morgan fingerprint density at radius 2 is 1.92 bits per heavy atom. The highest BCUT2D eigenvalue weighted by Gasteiger charge is 2.42. The Bertz CT molecular complexity index is 753. The van der Waals surface area contributed by atoms with Crippen molar-refractivity contribution in [2.24, 2.45) is 0 Å². The summed E-state index contributed by atoms with van der Waals surface area (Å²) in [5.74, 6) is -1.29. The van der Waals surface area contributed by atoms with Crippen LogP contribution in [0.5, 0.6) is 0 Å². The number of allylic oxidation sites excluding steroid dienone is 1. The first-order chi connectivity index (χ1) is 11.3. The Balaban J connectivity index is 2.10. The average molecular weight is 327 g/mol. The molecule has 0 amide bonds. The number of carbonyl (C=O) groups is 2. The molecular weight excluding hydrogens is 306 g/mol. The van der Waals surface area contributed by atoms with E-state index in [0.717, 1.165) is 11.3 Å². The lowest BCUT2D eigenvalue weighted by atomic mass is 9.81. The summed E-state index contributed by atoms with van der Waals surface area (Å²) in [5.41, 5.74) is 2.61. The van der Waals surface area contributed by atoms with Crippen molar-refractivity contribution >= 4 is 11.9 Å². The Morgan fingerprint density at radius 1 is 1.25 bits per heavy atom. The van der Waals surface area contributed by atoms with Crippen LogP contribution in [0.25, 0.3) is 0 Å². The molecule has 1 aromatic carbocycles. The topological polar surface area (TPSA) is 64.6 Å². The highest BCUT2D eigenvalue weighted by atomic mass is 16.6. The highest BCUT2D eigenvalue weighted by molar-refractivity contribution is 6.01. The lowest BCUT2D eigenvalue weighted by Crippen LogP contribution is -2.33. The van der Waals surface area contributed by atoms with E-state index < -0.39 is 17.5 Å². The fourth-order valence-corrected chi connectivity index (χ4v) is 3.05. The molecule has 0 bridgehead atoms. The average Bonchev–Trinajstić information content (AvgIpc) is 2.86. The molecule has 0 aliphatic carbocycles. The fraction of sp³-hybridized carbons (Fsp3) is 0.368. The maximum absolute atomic E-state index is 12.8. The maximum Gasteiger partial charge on any atom is 0.337 e. The molecule has 2 heterocycles. The number of ether oxygens (including phenoxy) is 2. The normalized spacial score (nSPS) is 20.5. The summed E-state index contributed by atoms with van der Waals surface area (Å²) < 4.78 is 10.7. The van der Waals surface area contributed by atoms with Gasteiger partial charge in [-0.3, -0.25) is 0 Å². The number of esters is 2. The molecule has 2 aliphatic rings. The molecule has 1 N–H and O–H groups in total. The predicted molar refractivity (Wildman–Crippen MR) is 88.8 cm³/mol. The van der Waals surface area contributed by atoms with Gasteiger partial charge in [0, 0.05) is 5.70 Å². The summed E-state index contributed by atoms with van der Waals surface area (Å²) in [6.45, 7) is 7.49. The fourth-order valence-electron chi connectivity index (χ4n) is 3.05. The van der Waals surface area contributed by atoms with Crippen molar-refractivity contribution < 1.29 is 19.1 Å². The highest BCUT2D eigenvalue weighted by Crippen LogP contribution is 2.41. The van der Waals surface area contributed by atoms with Crippen molar-refractivity contribution in [1.82, 2.24) is 5.32 Å². The zero-order chi connectivity index (χ0) is 17.5. The second-order valence-corrected chi connectivity index (χ2v) is 6.98. The van der Waals surface area contributed by atoms with Crippen molar-refractivity contribution in [3.63, 3.8) is 0 Å². The number of cyclic esters (lactones) is 1. The zero-order valence-electron chi connectivity index (χ0n) is 14.3. The third kappa shape index (κ3) is 2.94. The smallest absolute Gasteiger partial charge is 0.337 e. The summed E-state index contributed by atoms with van der Waals surface area (Å²) in [5, 5.41) is 3.14. The van der Waals surface area contributed by atoms with Crippen molar-refractivity contribution in [3.05, 3.63) is 58.4 Å². The minimum absolute atomic E-state index is 0.205. The molecule has 0 fully saturated rings. The molecule has 2 aliphatic heterocycles. The van der Waals surface area contributed by atoms with Gasteiger partial charge in [0.1, 0.15) is 12.2 Å². The summed E-state index contributed by atoms with van der Waals surface area (Å²) >= 11 is 0. The second-order valence-electron chi connectivity index (χ2n) is 6.98. The standard InChI is InChI=1S/C19H21NO4/c1-11-14(18(22)24-19(2,3)4)15(12-8-6-5-7-9-12)16-13(20-11)10-23-17(16)21/h5-9,15,20H,10H2,1-4H3. The molecule has 126 valence electrons. The van der Waals surface area contributed by atoms with Gasteiger partial charge in [-0.25, -0.2) is 9.59 Å². The van der Waals surface area contributed by atoms with Gasteiger partial charge in [0.15, 0.2) is 0 Å². The Kier molecular flexibility index (Phi) is 3.95. The van der Waals surface area contributed by atoms with Gasteiger partial charge in [-0.2, -0.15) is 0 Å². The van der Waals surface area contributed by atoms with Crippen LogP contribution in [0.2, 0.25) is 0 Å². The van der Waals surface area contributed by atoms with Crippen LogP contribution >= 0.6 is 0 Å². The van der Waals surface area contributed by atoms with Crippen LogP contribution < -0.4 is 5.32 Å². The number of carbonyl (C=O) groups excluding carboxylic acids is 2. The first kappa shape index (κ1) is 16.3. The van der Waals surface area contributed by atoms with E-state index in [-0.39, 0.29) is 12.6 Å². The number of rotatable bonds is 2. The van der Waals surface area contributed by atoms with Crippen molar-refractivity contribution in [3.8, 4) is 0 Å². The summed E-state index contributed by atoms with van der Waals surface area (Å²) in [6, 6.07) is 9.49. The molecule has 24 heavy (non-hydrogen) atoms. The van der Waals surface area contributed by atoms with E-state index in [0.29, 0.717) is 16.8 Å². The monoisotopic (exact) mass is 327 g/mol. The zero-order valence-corrected chi connectivity index (χ0v) is 14.3. The molecule has 0 aromatic heterocycles. The summed E-state index contributed by atoms with van der Waals surface area (Å²) in [6.07, 6.45) is 0. The number of benzene rings is 1. The van der Waals surface area contributed by atoms with Gasteiger partial charge < -0.3 is 14.8 Å². The maximum atomic E-state index is 12.8. The van der Waals surface area contributed by atoms with E-state index in [1.807, 2.05) is 58.0 Å². The van der Waals surface area contributed by atoms with Gasteiger partial charge >= 0.3 is 11.9 Å². The first-order valence-electron chi connectivity index (χ1n) is 7.94. The molecule has 5 heteroatoms. The minimum Gasteiger partial charge on any atom is -0.457 e. The molecule has 5 nitrogen and oxygen atoms in total. The van der Waals surface area contributed by atoms with Crippen LogP contribution in [0.15, 0.2) is 52.9 Å². The van der Waals surface area contributed by atoms with E-state index in [9.17, 15) is 9.59 Å². The Hall–Kier alpha value is -2.56. The molecule has 1 unspecified atom stereocenters. The van der Waals surface area contributed by atoms with Crippen molar-refractivity contribution in [2.75, 3.05) is 6.61 Å². The van der Waals surface area contributed by atoms with E-state index in [2.05, 4.69) is 5.32 Å². The molecule has 0 radical (unpaired) electrons. The lowest BCUT2D eigenvalue weighted by molar-refractivity contribution is -0.150. The molecule has 0 saturated heterocycles. The molecular formula is C19H21NO4. The van der Waals surface area contributed by atoms with E-state index >= 15 is 0 Å². The van der Waals surface area contributed by atoms with Crippen LogP contribution in [0, 0.1) is 0 Å². The second kappa shape index (κ2) is 5.82. The van der Waals surface area contributed by atoms with E-state index in [1.165, 1.54) is 0 Å². The molecule has 3 rings (SSSR count). The third-order valence-corrected chi connectivity index (χ3v) is 3.96. The van der Waals surface area contributed by atoms with Gasteiger partial charge in [-0.1, -0.05) is 30.3 Å². The molecule has 1 atom stereocenters. The van der Waals surface area contributed by atoms with Crippen LogP contribution in [0.3, 0.4) is 0 Å². The number of hydrogen-bond donors (Lipinski definition) is 1. The van der Waals surface area contributed by atoms with Crippen LogP contribution in [0.4, 0.5) is 0 Å². The Morgan fingerprint density at radius 3 is 2.54 bits per heavy atom. The first-order valence-corrected chi connectivity index (χ1v) is 7.94. The van der Waals surface area contributed by atoms with Crippen LogP contribution in [-0.4, -0.2) is 24.1 Å². The Labute approximate surface area is 141 Å². The SMILES string of the molecule is CC1=C(C(=O)OC(C)(C)C)C(c2ccccc2)C2=C(COC2=O)N1. The lowest BCUT2D eigenvalue weighted by Gasteiger charge is -2.29. The predicted octanol–water partition coefficient (Wildman–Crippen LogP) is 2.80. The molecule has 0 saturated carbocycles. The van der Waals surface area contributed by atoms with Crippen LogP contribution in [-0.2, 0) is 19.1 Å². The van der Waals surface area contributed by atoms with Gasteiger partial charge in [0.05, 0.1) is 22.8 Å². The number of hydrogen-bond acceptors (Lipinski definition) is 5. The van der Waals surface area contributed by atoms with E-state index in [4.69, 9.17) is 9.47 Å². The summed E-state index contributed by atoms with van der Waals surface area (Å²) in [4.78, 5) is 25.1. The molecule has 0 spiro atoms. The third-order valence-electron chi connectivity index (χ3n) is 3.96. The molecule has 1 aromatic rings. The van der Waals surface area contributed by atoms with Crippen LogP contribution in [0.1, 0.15) is 39.2 Å².